The largest absolute Gasteiger partial charge is 0.347 e. The molecule has 0 bridgehead atoms. The standard InChI is InChI=1S/C14H20N2O2/c1-9-6-7-11(8-12(9)15-10(2)17)13(18)16-14(3,4)5/h6-8H,1-5H3,(H,15,17)(H,16,18). The van der Waals surface area contributed by atoms with Gasteiger partial charge in [-0.05, 0) is 45.4 Å². The molecule has 0 atom stereocenters. The number of anilines is 1. The third kappa shape index (κ3) is 4.20. The van der Waals surface area contributed by atoms with E-state index in [0.29, 0.717) is 11.3 Å². The summed E-state index contributed by atoms with van der Waals surface area (Å²) in [7, 11) is 0. The maximum atomic E-state index is 12.0. The molecule has 0 saturated carbocycles. The van der Waals surface area contributed by atoms with Crippen molar-refractivity contribution in [2.75, 3.05) is 5.32 Å². The molecule has 0 aromatic heterocycles. The molecule has 0 spiro atoms. The Kier molecular flexibility index (Phi) is 4.11. The van der Waals surface area contributed by atoms with Gasteiger partial charge in [0.15, 0.2) is 0 Å². The van der Waals surface area contributed by atoms with E-state index in [9.17, 15) is 9.59 Å². The fraction of sp³-hybridized carbons (Fsp3) is 0.429. The van der Waals surface area contributed by atoms with E-state index < -0.39 is 0 Å². The fourth-order valence-corrected chi connectivity index (χ4v) is 1.50. The quantitative estimate of drug-likeness (QED) is 0.844. The number of rotatable bonds is 2. The van der Waals surface area contributed by atoms with Crippen molar-refractivity contribution in [3.8, 4) is 0 Å². The van der Waals surface area contributed by atoms with Crippen LogP contribution in [0.15, 0.2) is 18.2 Å². The van der Waals surface area contributed by atoms with Gasteiger partial charge in [-0.15, -0.1) is 0 Å². The molecule has 0 aliphatic heterocycles. The molecule has 0 radical (unpaired) electrons. The van der Waals surface area contributed by atoms with Crippen LogP contribution in [0.2, 0.25) is 0 Å². The SMILES string of the molecule is CC(=O)Nc1cc(C(=O)NC(C)(C)C)ccc1C. The van der Waals surface area contributed by atoms with Crippen molar-refractivity contribution in [3.05, 3.63) is 29.3 Å². The third-order valence-corrected chi connectivity index (χ3v) is 2.30. The summed E-state index contributed by atoms with van der Waals surface area (Å²) in [6, 6.07) is 5.27. The predicted octanol–water partition coefficient (Wildman–Crippen LogP) is 2.48. The molecule has 1 aromatic carbocycles. The molecular weight excluding hydrogens is 228 g/mol. The van der Waals surface area contributed by atoms with Crippen molar-refractivity contribution in [3.63, 3.8) is 0 Å². The summed E-state index contributed by atoms with van der Waals surface area (Å²) < 4.78 is 0. The number of benzene rings is 1. The van der Waals surface area contributed by atoms with Crippen molar-refractivity contribution >= 4 is 17.5 Å². The highest BCUT2D eigenvalue weighted by Gasteiger charge is 2.16. The van der Waals surface area contributed by atoms with Gasteiger partial charge in [-0.25, -0.2) is 0 Å². The number of amides is 2. The summed E-state index contributed by atoms with van der Waals surface area (Å²) >= 11 is 0. The van der Waals surface area contributed by atoms with Crippen molar-refractivity contribution < 1.29 is 9.59 Å². The van der Waals surface area contributed by atoms with Crippen LogP contribution in [0.4, 0.5) is 5.69 Å². The lowest BCUT2D eigenvalue weighted by molar-refractivity contribution is -0.114. The van der Waals surface area contributed by atoms with Crippen LogP contribution in [0, 0.1) is 6.92 Å². The van der Waals surface area contributed by atoms with Crippen molar-refractivity contribution in [2.45, 2.75) is 40.2 Å². The average molecular weight is 248 g/mol. The fourth-order valence-electron chi connectivity index (χ4n) is 1.50. The van der Waals surface area contributed by atoms with Crippen LogP contribution in [-0.4, -0.2) is 17.4 Å². The van der Waals surface area contributed by atoms with E-state index >= 15 is 0 Å². The van der Waals surface area contributed by atoms with Crippen molar-refractivity contribution in [1.29, 1.82) is 0 Å². The summed E-state index contributed by atoms with van der Waals surface area (Å²) in [5, 5.41) is 5.60. The molecule has 0 unspecified atom stereocenters. The minimum Gasteiger partial charge on any atom is -0.347 e. The minimum atomic E-state index is -0.282. The summed E-state index contributed by atoms with van der Waals surface area (Å²) in [5.41, 5.74) is 1.86. The van der Waals surface area contributed by atoms with Crippen LogP contribution in [-0.2, 0) is 4.79 Å². The molecule has 4 heteroatoms. The van der Waals surface area contributed by atoms with Gasteiger partial charge < -0.3 is 10.6 Å². The number of carbonyl (C=O) groups is 2. The summed E-state index contributed by atoms with van der Waals surface area (Å²) in [6.07, 6.45) is 0. The van der Waals surface area contributed by atoms with E-state index in [0.717, 1.165) is 5.56 Å². The van der Waals surface area contributed by atoms with E-state index in [4.69, 9.17) is 0 Å². The molecule has 18 heavy (non-hydrogen) atoms. The Balaban J connectivity index is 2.97. The number of carbonyl (C=O) groups excluding carboxylic acids is 2. The van der Waals surface area contributed by atoms with Crippen LogP contribution < -0.4 is 10.6 Å². The number of hydrogen-bond acceptors (Lipinski definition) is 2. The third-order valence-electron chi connectivity index (χ3n) is 2.30. The lowest BCUT2D eigenvalue weighted by Crippen LogP contribution is -2.40. The van der Waals surface area contributed by atoms with E-state index in [1.807, 2.05) is 33.8 Å². The second kappa shape index (κ2) is 5.21. The number of hydrogen-bond donors (Lipinski definition) is 2. The number of nitrogens with one attached hydrogen (secondary N) is 2. The van der Waals surface area contributed by atoms with Crippen LogP contribution in [0.3, 0.4) is 0 Å². The zero-order valence-electron chi connectivity index (χ0n) is 11.5. The smallest absolute Gasteiger partial charge is 0.251 e. The Morgan fingerprint density at radius 3 is 2.28 bits per heavy atom. The maximum absolute atomic E-state index is 12.0. The molecule has 98 valence electrons. The highest BCUT2D eigenvalue weighted by molar-refractivity contribution is 5.97. The van der Waals surface area contributed by atoms with E-state index in [2.05, 4.69) is 10.6 Å². The minimum absolute atomic E-state index is 0.144. The van der Waals surface area contributed by atoms with Gasteiger partial charge in [0, 0.05) is 23.7 Å². The Morgan fingerprint density at radius 1 is 1.17 bits per heavy atom. The molecule has 0 aliphatic carbocycles. The zero-order chi connectivity index (χ0) is 13.9. The van der Waals surface area contributed by atoms with E-state index in [1.165, 1.54) is 6.92 Å². The predicted molar refractivity (Wildman–Crippen MR) is 72.7 cm³/mol. The van der Waals surface area contributed by atoms with E-state index in [1.54, 1.807) is 12.1 Å². The van der Waals surface area contributed by atoms with E-state index in [-0.39, 0.29) is 17.4 Å². The number of aryl methyl sites for hydroxylation is 1. The Labute approximate surface area is 108 Å². The van der Waals surface area contributed by atoms with Gasteiger partial charge in [-0.1, -0.05) is 6.07 Å². The van der Waals surface area contributed by atoms with Crippen molar-refractivity contribution in [2.24, 2.45) is 0 Å². The first kappa shape index (κ1) is 14.2. The average Bonchev–Trinajstić information content (AvgIpc) is 2.17. The van der Waals surface area contributed by atoms with Gasteiger partial charge in [0.1, 0.15) is 0 Å². The highest BCUT2D eigenvalue weighted by atomic mass is 16.2. The molecule has 0 fully saturated rings. The second-order valence-corrected chi connectivity index (χ2v) is 5.42. The Morgan fingerprint density at radius 2 is 1.78 bits per heavy atom. The molecule has 0 heterocycles. The Bertz CT molecular complexity index is 473. The van der Waals surface area contributed by atoms with Gasteiger partial charge in [0.2, 0.25) is 5.91 Å². The first-order valence-electron chi connectivity index (χ1n) is 5.90. The molecule has 2 N–H and O–H groups in total. The van der Waals surface area contributed by atoms with Crippen molar-refractivity contribution in [1.82, 2.24) is 5.32 Å². The van der Waals surface area contributed by atoms with Crippen LogP contribution in [0.5, 0.6) is 0 Å². The zero-order valence-corrected chi connectivity index (χ0v) is 11.5. The lowest BCUT2D eigenvalue weighted by Gasteiger charge is -2.21. The maximum Gasteiger partial charge on any atom is 0.251 e. The highest BCUT2D eigenvalue weighted by Crippen LogP contribution is 2.17. The molecule has 1 rings (SSSR count). The molecule has 0 saturated heterocycles. The van der Waals surface area contributed by atoms with Crippen LogP contribution >= 0.6 is 0 Å². The lowest BCUT2D eigenvalue weighted by atomic mass is 10.1. The summed E-state index contributed by atoms with van der Waals surface area (Å²) in [6.45, 7) is 9.10. The van der Waals surface area contributed by atoms with Crippen LogP contribution in [0.25, 0.3) is 0 Å². The molecule has 4 nitrogen and oxygen atoms in total. The summed E-state index contributed by atoms with van der Waals surface area (Å²) in [5.74, 6) is -0.291. The topological polar surface area (TPSA) is 58.2 Å². The normalized spacial score (nSPS) is 10.9. The first-order chi connectivity index (χ1) is 8.19. The van der Waals surface area contributed by atoms with Crippen LogP contribution in [0.1, 0.15) is 43.6 Å². The molecule has 1 aromatic rings. The Hall–Kier alpha value is -1.84. The van der Waals surface area contributed by atoms with Gasteiger partial charge in [-0.3, -0.25) is 9.59 Å². The molecular formula is C14H20N2O2. The molecule has 0 aliphatic rings. The van der Waals surface area contributed by atoms with Gasteiger partial charge in [0.05, 0.1) is 0 Å². The van der Waals surface area contributed by atoms with Gasteiger partial charge in [-0.2, -0.15) is 0 Å². The molecule has 2 amide bonds. The monoisotopic (exact) mass is 248 g/mol. The van der Waals surface area contributed by atoms with Gasteiger partial charge >= 0.3 is 0 Å². The first-order valence-corrected chi connectivity index (χ1v) is 5.90. The van der Waals surface area contributed by atoms with Gasteiger partial charge in [0.25, 0.3) is 5.91 Å². The second-order valence-electron chi connectivity index (χ2n) is 5.42. The summed E-state index contributed by atoms with van der Waals surface area (Å²) in [4.78, 5) is 23.0.